The van der Waals surface area contributed by atoms with Crippen LogP contribution in [0.4, 0.5) is 0 Å². The van der Waals surface area contributed by atoms with Crippen LogP contribution in [0.2, 0.25) is 10.0 Å². The van der Waals surface area contributed by atoms with Crippen LogP contribution in [-0.4, -0.2) is 25.0 Å². The lowest BCUT2D eigenvalue weighted by atomic mass is 10.0. The van der Waals surface area contributed by atoms with Crippen molar-refractivity contribution in [1.29, 1.82) is 0 Å². The van der Waals surface area contributed by atoms with Gasteiger partial charge < -0.3 is 9.52 Å². The third-order valence-electron chi connectivity index (χ3n) is 4.11. The van der Waals surface area contributed by atoms with Crippen molar-refractivity contribution < 1.29 is 9.52 Å². The molecular weight excluding hydrogens is 443 g/mol. The molecule has 6 nitrogen and oxygen atoms in total. The summed E-state index contributed by atoms with van der Waals surface area (Å²) >= 11 is 13.3. The van der Waals surface area contributed by atoms with Gasteiger partial charge in [0.15, 0.2) is 5.09 Å². The first-order chi connectivity index (χ1) is 14.3. The molecule has 0 unspecified atom stereocenters. The van der Waals surface area contributed by atoms with Crippen LogP contribution in [0, 0.1) is 0 Å². The van der Waals surface area contributed by atoms with E-state index in [1.165, 1.54) is 11.8 Å². The Labute approximate surface area is 187 Å². The molecule has 0 saturated heterocycles. The highest BCUT2D eigenvalue weighted by Crippen LogP contribution is 2.38. The molecule has 9 heteroatoms. The third kappa shape index (κ3) is 4.65. The fourth-order valence-corrected chi connectivity index (χ4v) is 3.72. The zero-order valence-corrected chi connectivity index (χ0v) is 18.3. The first kappa shape index (κ1) is 20.8. The maximum Gasteiger partial charge on any atom is 0.229 e. The van der Waals surface area contributed by atoms with E-state index in [0.29, 0.717) is 43.0 Å². The molecule has 0 spiro atoms. The first-order valence-electron chi connectivity index (χ1n) is 8.90. The normalized spacial score (nSPS) is 11.6. The lowest BCUT2D eigenvalue weighted by molar-refractivity contribution is 0.0739. The molecule has 0 saturated carbocycles. The summed E-state index contributed by atoms with van der Waals surface area (Å²) < 4.78 is 6.05. The number of nitrogens with zero attached hydrogens (tertiary/aromatic N) is 4. The average molecular weight is 459 g/mol. The Balaban J connectivity index is 1.77. The molecule has 4 rings (SSSR count). The van der Waals surface area contributed by atoms with Crippen LogP contribution >= 0.6 is 35.0 Å². The van der Waals surface area contributed by atoms with Crippen LogP contribution in [-0.2, 0) is 5.60 Å². The van der Waals surface area contributed by atoms with Gasteiger partial charge >= 0.3 is 0 Å². The Morgan fingerprint density at radius 3 is 2.40 bits per heavy atom. The summed E-state index contributed by atoms with van der Waals surface area (Å²) in [4.78, 5) is 17.4. The van der Waals surface area contributed by atoms with Gasteiger partial charge in [0.1, 0.15) is 16.3 Å². The summed E-state index contributed by atoms with van der Waals surface area (Å²) in [6.07, 6.45) is 6.40. The molecule has 0 aliphatic heterocycles. The van der Waals surface area contributed by atoms with E-state index in [1.807, 2.05) is 6.07 Å². The van der Waals surface area contributed by atoms with Crippen molar-refractivity contribution in [2.75, 3.05) is 0 Å². The predicted molar refractivity (Wildman–Crippen MR) is 117 cm³/mol. The molecule has 0 aliphatic carbocycles. The van der Waals surface area contributed by atoms with E-state index in [2.05, 4.69) is 19.9 Å². The lowest BCUT2D eigenvalue weighted by Gasteiger charge is -2.16. The van der Waals surface area contributed by atoms with Crippen molar-refractivity contribution in [3.05, 3.63) is 70.9 Å². The summed E-state index contributed by atoms with van der Waals surface area (Å²) in [5.74, 6) is 0.378. The third-order valence-corrected chi connectivity index (χ3v) is 5.45. The maximum atomic E-state index is 10.2. The van der Waals surface area contributed by atoms with Gasteiger partial charge in [-0.2, -0.15) is 0 Å². The number of aliphatic hydroxyl groups is 1. The molecule has 152 valence electrons. The monoisotopic (exact) mass is 458 g/mol. The molecule has 0 aromatic carbocycles. The Morgan fingerprint density at radius 1 is 0.933 bits per heavy atom. The lowest BCUT2D eigenvalue weighted by Crippen LogP contribution is -2.17. The summed E-state index contributed by atoms with van der Waals surface area (Å²) in [7, 11) is 0. The van der Waals surface area contributed by atoms with Gasteiger partial charge in [0.25, 0.3) is 0 Å². The van der Waals surface area contributed by atoms with E-state index in [-0.39, 0.29) is 0 Å². The van der Waals surface area contributed by atoms with Crippen LogP contribution in [0.15, 0.2) is 69.7 Å². The first-order valence-corrected chi connectivity index (χ1v) is 10.5. The van der Waals surface area contributed by atoms with Crippen LogP contribution in [0.1, 0.15) is 19.5 Å². The second-order valence-corrected chi connectivity index (χ2v) is 8.82. The number of oxazole rings is 1. The predicted octanol–water partition coefficient (Wildman–Crippen LogP) is 5.88. The summed E-state index contributed by atoms with van der Waals surface area (Å²) in [5.41, 5.74) is 1.51. The van der Waals surface area contributed by atoms with E-state index >= 15 is 0 Å². The number of hydrogen-bond acceptors (Lipinski definition) is 7. The van der Waals surface area contributed by atoms with Gasteiger partial charge in [-0.05, 0) is 55.9 Å². The molecule has 0 bridgehead atoms. The summed E-state index contributed by atoms with van der Waals surface area (Å²) in [5, 5.41) is 12.4. The molecule has 0 radical (unpaired) electrons. The molecule has 0 amide bonds. The standard InChI is InChI=1S/C21H16Cl2N4O2S/c1-21(2,28)16-5-3-12(9-25-16)18-20(30-17-6-4-14(22)11-26-17)29-19(27-18)13-7-15(23)10-24-8-13/h3-11,28H,1-2H3. The van der Waals surface area contributed by atoms with Crippen LogP contribution < -0.4 is 0 Å². The molecular formula is C21H16Cl2N4O2S. The fourth-order valence-electron chi connectivity index (χ4n) is 2.62. The Hall–Kier alpha value is -2.45. The van der Waals surface area contributed by atoms with Gasteiger partial charge in [-0.15, -0.1) is 0 Å². The minimum atomic E-state index is -1.04. The topological polar surface area (TPSA) is 84.9 Å². The van der Waals surface area contributed by atoms with Crippen molar-refractivity contribution in [3.63, 3.8) is 0 Å². The maximum absolute atomic E-state index is 10.2. The largest absolute Gasteiger partial charge is 0.429 e. The van der Waals surface area contributed by atoms with Crippen molar-refractivity contribution in [2.24, 2.45) is 0 Å². The zero-order valence-electron chi connectivity index (χ0n) is 16.0. The van der Waals surface area contributed by atoms with Gasteiger partial charge in [-0.25, -0.2) is 9.97 Å². The molecule has 0 fully saturated rings. The second kappa shape index (κ2) is 8.35. The summed E-state index contributed by atoms with van der Waals surface area (Å²) in [6.45, 7) is 3.37. The van der Waals surface area contributed by atoms with Crippen LogP contribution in [0.25, 0.3) is 22.7 Å². The Kier molecular flexibility index (Phi) is 5.79. The number of halogens is 2. The quantitative estimate of drug-likeness (QED) is 0.399. The van der Waals surface area contributed by atoms with E-state index in [4.69, 9.17) is 27.6 Å². The number of pyridine rings is 3. The van der Waals surface area contributed by atoms with E-state index in [0.717, 1.165) is 5.56 Å². The molecule has 4 aromatic rings. The van der Waals surface area contributed by atoms with Gasteiger partial charge in [-0.3, -0.25) is 9.97 Å². The molecule has 4 heterocycles. The highest BCUT2D eigenvalue weighted by atomic mass is 35.5. The van der Waals surface area contributed by atoms with Crippen molar-refractivity contribution in [1.82, 2.24) is 19.9 Å². The molecule has 0 aliphatic rings. The molecule has 4 aromatic heterocycles. The SMILES string of the molecule is CC(C)(O)c1ccc(-c2nc(-c3cncc(Cl)c3)oc2Sc2ccc(Cl)cn2)cn1. The smallest absolute Gasteiger partial charge is 0.229 e. The van der Waals surface area contributed by atoms with Crippen molar-refractivity contribution >= 4 is 35.0 Å². The number of hydrogen-bond donors (Lipinski definition) is 1. The van der Waals surface area contributed by atoms with Crippen molar-refractivity contribution in [2.45, 2.75) is 29.6 Å². The number of rotatable bonds is 5. The summed E-state index contributed by atoms with van der Waals surface area (Å²) in [6, 6.07) is 8.90. The minimum absolute atomic E-state index is 0.378. The van der Waals surface area contributed by atoms with Crippen LogP contribution in [0.5, 0.6) is 0 Å². The van der Waals surface area contributed by atoms with Gasteiger partial charge in [-0.1, -0.05) is 23.2 Å². The highest BCUT2D eigenvalue weighted by molar-refractivity contribution is 7.99. The van der Waals surface area contributed by atoms with E-state index in [9.17, 15) is 5.11 Å². The van der Waals surface area contributed by atoms with E-state index in [1.54, 1.807) is 62.9 Å². The number of aromatic nitrogens is 4. The van der Waals surface area contributed by atoms with Gasteiger partial charge in [0.05, 0.1) is 21.3 Å². The highest BCUT2D eigenvalue weighted by Gasteiger charge is 2.21. The fraction of sp³-hybridized carbons (Fsp3) is 0.143. The van der Waals surface area contributed by atoms with Crippen molar-refractivity contribution in [3.8, 4) is 22.7 Å². The Bertz CT molecular complexity index is 1170. The van der Waals surface area contributed by atoms with Crippen LogP contribution in [0.3, 0.4) is 0 Å². The molecule has 1 N–H and O–H groups in total. The average Bonchev–Trinajstić information content (AvgIpc) is 3.13. The molecule has 30 heavy (non-hydrogen) atoms. The van der Waals surface area contributed by atoms with Gasteiger partial charge in [0.2, 0.25) is 5.89 Å². The Morgan fingerprint density at radius 2 is 1.77 bits per heavy atom. The zero-order chi connectivity index (χ0) is 21.3. The van der Waals surface area contributed by atoms with E-state index < -0.39 is 5.60 Å². The second-order valence-electron chi connectivity index (χ2n) is 6.95. The molecule has 0 atom stereocenters. The van der Waals surface area contributed by atoms with Gasteiger partial charge in [0, 0.05) is 30.4 Å². The minimum Gasteiger partial charge on any atom is -0.429 e.